The van der Waals surface area contributed by atoms with Crippen LogP contribution in [0.15, 0.2) is 24.3 Å². The van der Waals surface area contributed by atoms with Gasteiger partial charge in [0.05, 0.1) is 5.56 Å². The van der Waals surface area contributed by atoms with Gasteiger partial charge in [0.15, 0.2) is 0 Å². The Balaban J connectivity index is 2.18. The molecule has 1 fully saturated rings. The van der Waals surface area contributed by atoms with Crippen LogP contribution in [0.4, 0.5) is 13.2 Å². The van der Waals surface area contributed by atoms with E-state index in [1.165, 1.54) is 18.6 Å². The predicted molar refractivity (Wildman–Crippen MR) is 71.4 cm³/mol. The van der Waals surface area contributed by atoms with Crippen molar-refractivity contribution >= 4 is 11.6 Å². The molecular formula is C15H18ClF3. The minimum Gasteiger partial charge on any atom is -0.166 e. The van der Waals surface area contributed by atoms with Gasteiger partial charge >= 0.3 is 6.18 Å². The van der Waals surface area contributed by atoms with Crippen LogP contribution in [0.25, 0.3) is 0 Å². The maximum Gasteiger partial charge on any atom is 0.416 e. The van der Waals surface area contributed by atoms with E-state index >= 15 is 0 Å². The highest BCUT2D eigenvalue weighted by Crippen LogP contribution is 2.41. The van der Waals surface area contributed by atoms with Crippen molar-refractivity contribution in [2.24, 2.45) is 5.41 Å². The first-order chi connectivity index (χ1) is 8.95. The minimum absolute atomic E-state index is 0.00989. The van der Waals surface area contributed by atoms with Crippen LogP contribution in [-0.2, 0) is 12.6 Å². The van der Waals surface area contributed by atoms with E-state index in [9.17, 15) is 13.2 Å². The number of alkyl halides is 4. The molecule has 0 bridgehead atoms. The van der Waals surface area contributed by atoms with Gasteiger partial charge in [0.2, 0.25) is 0 Å². The molecule has 0 saturated heterocycles. The van der Waals surface area contributed by atoms with Crippen molar-refractivity contribution in [1.82, 2.24) is 0 Å². The summed E-state index contributed by atoms with van der Waals surface area (Å²) in [5.74, 6) is 0.531. The summed E-state index contributed by atoms with van der Waals surface area (Å²) >= 11 is 6.09. The fraction of sp³-hybridized carbons (Fsp3) is 0.600. The molecule has 0 N–H and O–H groups in total. The zero-order valence-corrected chi connectivity index (χ0v) is 11.5. The zero-order valence-electron chi connectivity index (χ0n) is 10.8. The molecule has 2 rings (SSSR count). The molecule has 0 atom stereocenters. The van der Waals surface area contributed by atoms with Crippen LogP contribution < -0.4 is 0 Å². The summed E-state index contributed by atoms with van der Waals surface area (Å²) in [5, 5.41) is 0. The Kier molecular flexibility index (Phi) is 4.44. The van der Waals surface area contributed by atoms with E-state index < -0.39 is 11.7 Å². The molecule has 1 aromatic rings. The molecule has 4 heteroatoms. The second-order valence-corrected chi connectivity index (χ2v) is 5.84. The molecule has 0 radical (unpaired) electrons. The first-order valence-electron chi connectivity index (χ1n) is 6.67. The Bertz CT molecular complexity index is 420. The van der Waals surface area contributed by atoms with Gasteiger partial charge in [0.25, 0.3) is 0 Å². The van der Waals surface area contributed by atoms with Crippen molar-refractivity contribution in [3.05, 3.63) is 35.4 Å². The highest BCUT2D eigenvalue weighted by Gasteiger charge is 2.33. The standard InChI is InChI=1S/C15H18ClF3/c16-11-14(7-2-1-3-8-14)10-12-5-4-6-13(9-12)15(17,18)19/h4-6,9H,1-3,7-8,10-11H2. The maximum absolute atomic E-state index is 12.7. The summed E-state index contributed by atoms with van der Waals surface area (Å²) < 4.78 is 38.1. The molecule has 1 aromatic carbocycles. The SMILES string of the molecule is FC(F)(F)c1cccc(CC2(CCl)CCCCC2)c1. The second-order valence-electron chi connectivity index (χ2n) is 5.57. The van der Waals surface area contributed by atoms with E-state index in [4.69, 9.17) is 11.6 Å². The highest BCUT2D eigenvalue weighted by atomic mass is 35.5. The molecule has 0 aromatic heterocycles. The largest absolute Gasteiger partial charge is 0.416 e. The Morgan fingerprint density at radius 2 is 1.79 bits per heavy atom. The first-order valence-corrected chi connectivity index (χ1v) is 7.21. The topological polar surface area (TPSA) is 0 Å². The van der Waals surface area contributed by atoms with Crippen LogP contribution in [0.3, 0.4) is 0 Å². The van der Waals surface area contributed by atoms with Gasteiger partial charge in [-0.1, -0.05) is 37.5 Å². The maximum atomic E-state index is 12.7. The lowest BCUT2D eigenvalue weighted by molar-refractivity contribution is -0.137. The van der Waals surface area contributed by atoms with Crippen LogP contribution in [-0.4, -0.2) is 5.88 Å². The molecule has 1 aliphatic rings. The Hall–Kier alpha value is -0.700. The van der Waals surface area contributed by atoms with Crippen LogP contribution in [0.1, 0.15) is 43.2 Å². The average molecular weight is 291 g/mol. The van der Waals surface area contributed by atoms with Crippen LogP contribution >= 0.6 is 11.6 Å². The summed E-state index contributed by atoms with van der Waals surface area (Å²) in [4.78, 5) is 0. The lowest BCUT2D eigenvalue weighted by atomic mass is 9.71. The summed E-state index contributed by atoms with van der Waals surface area (Å²) in [5.41, 5.74) is 0.173. The molecule has 0 unspecified atom stereocenters. The van der Waals surface area contributed by atoms with Gasteiger partial charge in [0, 0.05) is 5.88 Å². The number of rotatable bonds is 3. The second kappa shape index (κ2) is 5.74. The number of halogens is 4. The van der Waals surface area contributed by atoms with Crippen molar-refractivity contribution in [3.63, 3.8) is 0 Å². The van der Waals surface area contributed by atoms with E-state index in [1.54, 1.807) is 6.07 Å². The monoisotopic (exact) mass is 290 g/mol. The molecule has 0 heterocycles. The predicted octanol–water partition coefficient (Wildman–Crippen LogP) is 5.44. The molecule has 1 aliphatic carbocycles. The quantitative estimate of drug-likeness (QED) is 0.651. The van der Waals surface area contributed by atoms with Gasteiger partial charge in [-0.15, -0.1) is 11.6 Å². The number of benzene rings is 1. The van der Waals surface area contributed by atoms with Gasteiger partial charge in [0.1, 0.15) is 0 Å². The average Bonchev–Trinajstić information content (AvgIpc) is 2.39. The zero-order chi connectivity index (χ0) is 13.9. The summed E-state index contributed by atoms with van der Waals surface area (Å²) in [6.45, 7) is 0. The van der Waals surface area contributed by atoms with E-state index in [-0.39, 0.29) is 5.41 Å². The van der Waals surface area contributed by atoms with Gasteiger partial charge in [-0.3, -0.25) is 0 Å². The van der Waals surface area contributed by atoms with Crippen LogP contribution in [0, 0.1) is 5.41 Å². The van der Waals surface area contributed by atoms with Gasteiger partial charge < -0.3 is 0 Å². The summed E-state index contributed by atoms with van der Waals surface area (Å²) in [7, 11) is 0. The van der Waals surface area contributed by atoms with Crippen molar-refractivity contribution in [2.45, 2.75) is 44.7 Å². The third-order valence-electron chi connectivity index (χ3n) is 4.03. The molecule has 0 aliphatic heterocycles. The van der Waals surface area contributed by atoms with Crippen molar-refractivity contribution in [2.75, 3.05) is 5.88 Å². The number of hydrogen-bond acceptors (Lipinski definition) is 0. The number of hydrogen-bond donors (Lipinski definition) is 0. The van der Waals surface area contributed by atoms with E-state index in [1.807, 2.05) is 0 Å². The van der Waals surface area contributed by atoms with Gasteiger partial charge in [-0.2, -0.15) is 13.2 Å². The normalized spacial score (nSPS) is 19.4. The van der Waals surface area contributed by atoms with Crippen LogP contribution in [0.5, 0.6) is 0 Å². The molecule has 0 amide bonds. The van der Waals surface area contributed by atoms with Crippen molar-refractivity contribution in [3.8, 4) is 0 Å². The van der Waals surface area contributed by atoms with E-state index in [0.717, 1.165) is 37.3 Å². The molecule has 1 saturated carbocycles. The Labute approximate surface area is 117 Å². The van der Waals surface area contributed by atoms with Crippen molar-refractivity contribution < 1.29 is 13.2 Å². The van der Waals surface area contributed by atoms with Crippen LogP contribution in [0.2, 0.25) is 0 Å². The molecule has 0 spiro atoms. The van der Waals surface area contributed by atoms with Crippen molar-refractivity contribution in [1.29, 1.82) is 0 Å². The lowest BCUT2D eigenvalue weighted by Gasteiger charge is -2.35. The smallest absolute Gasteiger partial charge is 0.166 e. The molecule has 106 valence electrons. The lowest BCUT2D eigenvalue weighted by Crippen LogP contribution is -2.28. The fourth-order valence-corrected chi connectivity index (χ4v) is 3.31. The van der Waals surface area contributed by atoms with Gasteiger partial charge in [-0.25, -0.2) is 0 Å². The Morgan fingerprint density at radius 1 is 1.11 bits per heavy atom. The highest BCUT2D eigenvalue weighted by molar-refractivity contribution is 6.18. The third-order valence-corrected chi connectivity index (χ3v) is 4.60. The molecular weight excluding hydrogens is 273 g/mol. The summed E-state index contributed by atoms with van der Waals surface area (Å²) in [6.07, 6.45) is 1.90. The molecule has 0 nitrogen and oxygen atoms in total. The van der Waals surface area contributed by atoms with Gasteiger partial charge in [-0.05, 0) is 36.3 Å². The first kappa shape index (κ1) is 14.7. The summed E-state index contributed by atoms with van der Waals surface area (Å²) in [6, 6.07) is 5.65. The minimum atomic E-state index is -4.27. The Morgan fingerprint density at radius 3 is 2.37 bits per heavy atom. The van der Waals surface area contributed by atoms with E-state index in [0.29, 0.717) is 12.3 Å². The van der Waals surface area contributed by atoms with E-state index in [2.05, 4.69) is 0 Å². The fourth-order valence-electron chi connectivity index (χ4n) is 2.95. The third kappa shape index (κ3) is 3.65. The molecule has 19 heavy (non-hydrogen) atoms.